The van der Waals surface area contributed by atoms with Crippen LogP contribution in [0.15, 0.2) is 48.8 Å². The van der Waals surface area contributed by atoms with Gasteiger partial charge in [-0.15, -0.1) is 0 Å². The van der Waals surface area contributed by atoms with Gasteiger partial charge in [-0.25, -0.2) is 18.6 Å². The SMILES string of the molecule is O=C(NCCc1ncn[nH]1)Nc1ccc(F)cc1-c1ccc(F)cc1. The van der Waals surface area contributed by atoms with Crippen molar-refractivity contribution in [3.63, 3.8) is 0 Å². The normalized spacial score (nSPS) is 10.5. The number of H-pyrrole nitrogens is 1. The monoisotopic (exact) mass is 343 g/mol. The third kappa shape index (κ3) is 4.37. The molecule has 0 atom stereocenters. The second-order valence-corrected chi connectivity index (χ2v) is 5.26. The number of urea groups is 1. The number of hydrogen-bond acceptors (Lipinski definition) is 3. The minimum Gasteiger partial charge on any atom is -0.337 e. The van der Waals surface area contributed by atoms with Gasteiger partial charge in [-0.3, -0.25) is 5.10 Å². The fraction of sp³-hybridized carbons (Fsp3) is 0.118. The van der Waals surface area contributed by atoms with Gasteiger partial charge in [0.05, 0.1) is 5.69 Å². The number of nitrogens with one attached hydrogen (secondary N) is 3. The summed E-state index contributed by atoms with van der Waals surface area (Å²) >= 11 is 0. The van der Waals surface area contributed by atoms with E-state index in [4.69, 9.17) is 0 Å². The number of halogens is 2. The average Bonchev–Trinajstić information content (AvgIpc) is 3.11. The number of rotatable bonds is 5. The second kappa shape index (κ2) is 7.52. The summed E-state index contributed by atoms with van der Waals surface area (Å²) in [6, 6.07) is 9.17. The molecule has 6 nitrogen and oxygen atoms in total. The Balaban J connectivity index is 1.69. The number of aromatic amines is 1. The number of carbonyl (C=O) groups is 1. The van der Waals surface area contributed by atoms with Gasteiger partial charge in [-0.1, -0.05) is 12.1 Å². The highest BCUT2D eigenvalue weighted by atomic mass is 19.1. The molecule has 0 aliphatic rings. The van der Waals surface area contributed by atoms with Crippen molar-refractivity contribution in [3.05, 3.63) is 66.3 Å². The fourth-order valence-corrected chi connectivity index (χ4v) is 2.31. The molecule has 0 fully saturated rings. The first-order chi connectivity index (χ1) is 12.1. The van der Waals surface area contributed by atoms with Gasteiger partial charge in [0.1, 0.15) is 23.8 Å². The zero-order chi connectivity index (χ0) is 17.6. The molecule has 0 spiro atoms. The zero-order valence-electron chi connectivity index (χ0n) is 13.1. The van der Waals surface area contributed by atoms with Crippen molar-refractivity contribution in [2.24, 2.45) is 0 Å². The van der Waals surface area contributed by atoms with E-state index < -0.39 is 11.8 Å². The molecule has 0 bridgehead atoms. The van der Waals surface area contributed by atoms with Gasteiger partial charge in [0.2, 0.25) is 0 Å². The van der Waals surface area contributed by atoms with Crippen LogP contribution in [0, 0.1) is 11.6 Å². The maximum Gasteiger partial charge on any atom is 0.319 e. The summed E-state index contributed by atoms with van der Waals surface area (Å²) in [7, 11) is 0. The first-order valence-corrected chi connectivity index (χ1v) is 7.56. The molecule has 0 aliphatic carbocycles. The van der Waals surface area contributed by atoms with Crippen LogP contribution in [0.5, 0.6) is 0 Å². The molecule has 8 heteroatoms. The number of benzene rings is 2. The van der Waals surface area contributed by atoms with Gasteiger partial charge in [0.25, 0.3) is 0 Å². The van der Waals surface area contributed by atoms with Crippen molar-refractivity contribution in [3.8, 4) is 11.1 Å². The highest BCUT2D eigenvalue weighted by Crippen LogP contribution is 2.29. The van der Waals surface area contributed by atoms with Gasteiger partial charge < -0.3 is 10.6 Å². The van der Waals surface area contributed by atoms with Gasteiger partial charge in [-0.05, 0) is 35.9 Å². The lowest BCUT2D eigenvalue weighted by atomic mass is 10.0. The Morgan fingerprint density at radius 2 is 1.84 bits per heavy atom. The van der Waals surface area contributed by atoms with Crippen molar-refractivity contribution < 1.29 is 13.6 Å². The van der Waals surface area contributed by atoms with Crippen molar-refractivity contribution in [1.29, 1.82) is 0 Å². The number of aromatic nitrogens is 3. The van der Waals surface area contributed by atoms with Crippen molar-refractivity contribution >= 4 is 11.7 Å². The van der Waals surface area contributed by atoms with Gasteiger partial charge in [0, 0.05) is 18.5 Å². The molecule has 1 heterocycles. The maximum atomic E-state index is 13.6. The highest BCUT2D eigenvalue weighted by Gasteiger charge is 2.10. The Labute approximate surface area is 142 Å². The van der Waals surface area contributed by atoms with Crippen LogP contribution < -0.4 is 10.6 Å². The van der Waals surface area contributed by atoms with E-state index in [-0.39, 0.29) is 5.82 Å². The van der Waals surface area contributed by atoms with Gasteiger partial charge in [-0.2, -0.15) is 5.10 Å². The van der Waals surface area contributed by atoms with Crippen molar-refractivity contribution in [2.75, 3.05) is 11.9 Å². The number of amides is 2. The number of nitrogens with zero attached hydrogens (tertiary/aromatic N) is 2. The molecule has 1 aromatic heterocycles. The first-order valence-electron chi connectivity index (χ1n) is 7.56. The molecule has 3 rings (SSSR count). The molecule has 2 amide bonds. The third-order valence-corrected chi connectivity index (χ3v) is 3.50. The smallest absolute Gasteiger partial charge is 0.319 e. The number of hydrogen-bond donors (Lipinski definition) is 3. The lowest BCUT2D eigenvalue weighted by Gasteiger charge is -2.12. The van der Waals surface area contributed by atoms with E-state index in [1.807, 2.05) is 0 Å². The van der Waals surface area contributed by atoms with Crippen LogP contribution in [0.25, 0.3) is 11.1 Å². The summed E-state index contributed by atoms with van der Waals surface area (Å²) in [6.45, 7) is 0.355. The van der Waals surface area contributed by atoms with E-state index >= 15 is 0 Å². The maximum absolute atomic E-state index is 13.6. The van der Waals surface area contributed by atoms with E-state index in [2.05, 4.69) is 25.8 Å². The third-order valence-electron chi connectivity index (χ3n) is 3.50. The highest BCUT2D eigenvalue weighted by molar-refractivity contribution is 5.94. The summed E-state index contributed by atoms with van der Waals surface area (Å²) in [4.78, 5) is 16.0. The Morgan fingerprint density at radius 1 is 1.08 bits per heavy atom. The van der Waals surface area contributed by atoms with E-state index in [0.717, 1.165) is 0 Å². The minimum atomic E-state index is -0.449. The van der Waals surface area contributed by atoms with E-state index in [1.54, 1.807) is 0 Å². The second-order valence-electron chi connectivity index (χ2n) is 5.26. The Hall–Kier alpha value is -3.29. The lowest BCUT2D eigenvalue weighted by molar-refractivity contribution is 0.252. The van der Waals surface area contributed by atoms with Crippen molar-refractivity contribution in [1.82, 2.24) is 20.5 Å². The summed E-state index contributed by atoms with van der Waals surface area (Å²) in [6.07, 6.45) is 1.89. The molecule has 0 saturated heterocycles. The van der Waals surface area contributed by atoms with Crippen molar-refractivity contribution in [2.45, 2.75) is 6.42 Å². The predicted octanol–water partition coefficient (Wildman–Crippen LogP) is 3.11. The topological polar surface area (TPSA) is 82.7 Å². The molecular weight excluding hydrogens is 328 g/mol. The Kier molecular flexibility index (Phi) is 4.98. The van der Waals surface area contributed by atoms with Crippen LogP contribution in [0.3, 0.4) is 0 Å². The van der Waals surface area contributed by atoms with Gasteiger partial charge in [0.15, 0.2) is 0 Å². The first kappa shape index (κ1) is 16.6. The van der Waals surface area contributed by atoms with Crippen LogP contribution in [0.4, 0.5) is 19.3 Å². The Bertz CT molecular complexity index is 850. The lowest BCUT2D eigenvalue weighted by Crippen LogP contribution is -2.30. The molecule has 0 aliphatic heterocycles. The minimum absolute atomic E-state index is 0.355. The molecule has 0 saturated carbocycles. The molecular formula is C17H15F2N5O. The van der Waals surface area contributed by atoms with Crippen LogP contribution in [0.2, 0.25) is 0 Å². The Morgan fingerprint density at radius 3 is 2.56 bits per heavy atom. The summed E-state index contributed by atoms with van der Waals surface area (Å²) in [5, 5.41) is 11.8. The number of anilines is 1. The van der Waals surface area contributed by atoms with Crippen LogP contribution in [0.1, 0.15) is 5.82 Å². The fourth-order valence-electron chi connectivity index (χ4n) is 2.31. The van der Waals surface area contributed by atoms with Crippen LogP contribution in [-0.2, 0) is 6.42 Å². The van der Waals surface area contributed by atoms with E-state index in [1.165, 1.54) is 48.8 Å². The van der Waals surface area contributed by atoms with E-state index in [9.17, 15) is 13.6 Å². The summed E-state index contributed by atoms with van der Waals surface area (Å²) in [5.41, 5.74) is 1.48. The van der Waals surface area contributed by atoms with Crippen LogP contribution >= 0.6 is 0 Å². The number of carbonyl (C=O) groups excluding carboxylic acids is 1. The summed E-state index contributed by atoms with van der Waals surface area (Å²) < 4.78 is 26.7. The standard InChI is InChI=1S/C17H15F2N5O/c18-12-3-1-11(2-4-12)14-9-13(19)5-6-15(14)23-17(25)20-8-7-16-21-10-22-24-16/h1-6,9-10H,7-8H2,(H2,20,23,25)(H,21,22,24). The molecule has 0 unspecified atom stereocenters. The molecule has 3 aromatic rings. The van der Waals surface area contributed by atoms with Crippen LogP contribution in [-0.4, -0.2) is 27.8 Å². The largest absolute Gasteiger partial charge is 0.337 e. The molecule has 3 N–H and O–H groups in total. The predicted molar refractivity (Wildman–Crippen MR) is 88.9 cm³/mol. The average molecular weight is 343 g/mol. The molecule has 2 aromatic carbocycles. The quantitative estimate of drug-likeness (QED) is 0.666. The zero-order valence-corrected chi connectivity index (χ0v) is 13.1. The van der Waals surface area contributed by atoms with Gasteiger partial charge >= 0.3 is 6.03 Å². The molecule has 0 radical (unpaired) electrons. The molecule has 128 valence electrons. The van der Waals surface area contributed by atoms with E-state index in [0.29, 0.717) is 35.6 Å². The molecule has 25 heavy (non-hydrogen) atoms. The summed E-state index contributed by atoms with van der Waals surface area (Å²) in [5.74, 6) is -0.176.